The van der Waals surface area contributed by atoms with Crippen LogP contribution in [0.2, 0.25) is 0 Å². The Morgan fingerprint density at radius 2 is 1.95 bits per heavy atom. The smallest absolute Gasteiger partial charge is 0.433 e. The number of aromatic nitrogens is 2. The standard InChI is InChI=1S/C13H16F3N3O2/c14-13(15,16)11-8-4-1-2-5-9(8)18-12(19-11)17-7-3-6-10(20)21/h1-7H2,(H,20,21)(H,17,18,19). The van der Waals surface area contributed by atoms with Crippen LogP contribution in [0.15, 0.2) is 0 Å². The molecule has 0 bridgehead atoms. The molecule has 116 valence electrons. The molecule has 2 rings (SSSR count). The summed E-state index contributed by atoms with van der Waals surface area (Å²) >= 11 is 0. The Morgan fingerprint density at radius 3 is 2.62 bits per heavy atom. The lowest BCUT2D eigenvalue weighted by Gasteiger charge is -2.20. The van der Waals surface area contributed by atoms with Crippen LogP contribution in [0.4, 0.5) is 19.1 Å². The summed E-state index contributed by atoms with van der Waals surface area (Å²) in [6.07, 6.45) is -1.85. The van der Waals surface area contributed by atoms with Crippen molar-refractivity contribution in [2.24, 2.45) is 0 Å². The van der Waals surface area contributed by atoms with Gasteiger partial charge in [-0.05, 0) is 32.1 Å². The lowest BCUT2D eigenvalue weighted by Crippen LogP contribution is -2.20. The van der Waals surface area contributed by atoms with Crippen LogP contribution in [0.3, 0.4) is 0 Å². The van der Waals surface area contributed by atoms with Gasteiger partial charge in [-0.25, -0.2) is 9.97 Å². The number of halogens is 3. The number of nitrogens with one attached hydrogen (secondary N) is 1. The second-order valence-electron chi connectivity index (χ2n) is 4.95. The van der Waals surface area contributed by atoms with Gasteiger partial charge in [0.2, 0.25) is 5.95 Å². The van der Waals surface area contributed by atoms with Crippen molar-refractivity contribution in [2.75, 3.05) is 11.9 Å². The van der Waals surface area contributed by atoms with Crippen LogP contribution in [0.25, 0.3) is 0 Å². The summed E-state index contributed by atoms with van der Waals surface area (Å²) in [5.74, 6) is -1.02. The minimum Gasteiger partial charge on any atom is -0.481 e. The van der Waals surface area contributed by atoms with Crippen LogP contribution in [0.1, 0.15) is 42.6 Å². The molecule has 2 N–H and O–H groups in total. The van der Waals surface area contributed by atoms with Gasteiger partial charge in [0.05, 0.1) is 0 Å². The first-order valence-electron chi connectivity index (χ1n) is 6.80. The fraction of sp³-hybridized carbons (Fsp3) is 0.615. The molecule has 21 heavy (non-hydrogen) atoms. The van der Waals surface area contributed by atoms with E-state index in [9.17, 15) is 18.0 Å². The normalized spacial score (nSPS) is 14.6. The number of carboxylic acid groups (broad SMARTS) is 1. The summed E-state index contributed by atoms with van der Waals surface area (Å²) in [6.45, 7) is 0.225. The topological polar surface area (TPSA) is 75.1 Å². The minimum absolute atomic E-state index is 0.0515. The Balaban J connectivity index is 2.17. The molecule has 0 saturated carbocycles. The van der Waals surface area contributed by atoms with Crippen LogP contribution in [-0.2, 0) is 23.8 Å². The summed E-state index contributed by atoms with van der Waals surface area (Å²) in [7, 11) is 0. The number of rotatable bonds is 5. The SMILES string of the molecule is O=C(O)CCCNc1nc2c(c(C(F)(F)F)n1)CCCC2. The van der Waals surface area contributed by atoms with E-state index in [0.717, 1.165) is 6.42 Å². The number of hydrogen-bond donors (Lipinski definition) is 2. The summed E-state index contributed by atoms with van der Waals surface area (Å²) in [5.41, 5.74) is -0.220. The van der Waals surface area contributed by atoms with Crippen molar-refractivity contribution in [1.29, 1.82) is 0 Å². The summed E-state index contributed by atoms with van der Waals surface area (Å²) in [5, 5.41) is 11.2. The molecule has 0 unspecified atom stereocenters. The number of carboxylic acids is 1. The molecule has 0 atom stereocenters. The molecule has 0 spiro atoms. The van der Waals surface area contributed by atoms with Gasteiger partial charge in [0, 0.05) is 24.2 Å². The second-order valence-corrected chi connectivity index (χ2v) is 4.95. The van der Waals surface area contributed by atoms with E-state index >= 15 is 0 Å². The average Bonchev–Trinajstić information content (AvgIpc) is 2.41. The predicted molar refractivity (Wildman–Crippen MR) is 69.0 cm³/mol. The van der Waals surface area contributed by atoms with Crippen molar-refractivity contribution >= 4 is 11.9 Å². The first kappa shape index (κ1) is 15.5. The number of hydrogen-bond acceptors (Lipinski definition) is 4. The first-order chi connectivity index (χ1) is 9.88. The average molecular weight is 303 g/mol. The number of nitrogens with zero attached hydrogens (tertiary/aromatic N) is 2. The third-order valence-electron chi connectivity index (χ3n) is 3.30. The predicted octanol–water partition coefficient (Wildman–Crippen LogP) is 2.65. The van der Waals surface area contributed by atoms with Crippen LogP contribution >= 0.6 is 0 Å². The van der Waals surface area contributed by atoms with E-state index in [2.05, 4.69) is 15.3 Å². The lowest BCUT2D eigenvalue weighted by atomic mass is 9.94. The summed E-state index contributed by atoms with van der Waals surface area (Å²) in [4.78, 5) is 18.1. The highest BCUT2D eigenvalue weighted by Gasteiger charge is 2.37. The van der Waals surface area contributed by atoms with Crippen molar-refractivity contribution in [3.8, 4) is 0 Å². The van der Waals surface area contributed by atoms with E-state index in [-0.39, 0.29) is 24.5 Å². The lowest BCUT2D eigenvalue weighted by molar-refractivity contribution is -0.142. The molecule has 0 radical (unpaired) electrons. The second kappa shape index (κ2) is 6.28. The van der Waals surface area contributed by atoms with E-state index < -0.39 is 17.8 Å². The highest BCUT2D eigenvalue weighted by molar-refractivity contribution is 5.66. The zero-order chi connectivity index (χ0) is 15.5. The fourth-order valence-corrected chi connectivity index (χ4v) is 2.35. The number of aliphatic carboxylic acids is 1. The molecule has 1 aliphatic carbocycles. The Morgan fingerprint density at radius 1 is 1.24 bits per heavy atom. The number of alkyl halides is 3. The van der Waals surface area contributed by atoms with E-state index in [0.29, 0.717) is 31.4 Å². The maximum Gasteiger partial charge on any atom is 0.433 e. The summed E-state index contributed by atoms with van der Waals surface area (Å²) < 4.78 is 39.2. The number of aryl methyl sites for hydroxylation is 1. The molecule has 0 aromatic carbocycles. The van der Waals surface area contributed by atoms with Crippen LogP contribution in [0, 0.1) is 0 Å². The van der Waals surface area contributed by atoms with E-state index in [1.165, 1.54) is 0 Å². The quantitative estimate of drug-likeness (QED) is 0.818. The van der Waals surface area contributed by atoms with Gasteiger partial charge < -0.3 is 10.4 Å². The maximum atomic E-state index is 13.1. The number of carbonyl (C=O) groups is 1. The van der Waals surface area contributed by atoms with Crippen molar-refractivity contribution in [3.05, 3.63) is 17.0 Å². The molecular weight excluding hydrogens is 287 g/mol. The molecule has 0 aliphatic heterocycles. The van der Waals surface area contributed by atoms with Crippen LogP contribution in [0.5, 0.6) is 0 Å². The van der Waals surface area contributed by atoms with Crippen molar-refractivity contribution in [1.82, 2.24) is 9.97 Å². The van der Waals surface area contributed by atoms with Crippen molar-refractivity contribution in [3.63, 3.8) is 0 Å². The Kier molecular flexibility index (Phi) is 4.64. The van der Waals surface area contributed by atoms with E-state index in [1.807, 2.05) is 0 Å². The molecule has 1 aliphatic rings. The van der Waals surface area contributed by atoms with Gasteiger partial charge in [-0.1, -0.05) is 0 Å². The molecule has 1 heterocycles. The maximum absolute atomic E-state index is 13.1. The molecule has 0 fully saturated rings. The molecular formula is C13H16F3N3O2. The van der Waals surface area contributed by atoms with Gasteiger partial charge in [0.15, 0.2) is 5.69 Å². The monoisotopic (exact) mass is 303 g/mol. The zero-order valence-corrected chi connectivity index (χ0v) is 11.3. The fourth-order valence-electron chi connectivity index (χ4n) is 2.35. The summed E-state index contributed by atoms with van der Waals surface area (Å²) in [6, 6.07) is 0. The van der Waals surface area contributed by atoms with Crippen LogP contribution < -0.4 is 5.32 Å². The van der Waals surface area contributed by atoms with E-state index in [1.54, 1.807) is 0 Å². The zero-order valence-electron chi connectivity index (χ0n) is 11.3. The highest BCUT2D eigenvalue weighted by atomic mass is 19.4. The molecule has 1 aromatic rings. The van der Waals surface area contributed by atoms with Gasteiger partial charge in [0.1, 0.15) is 0 Å². The van der Waals surface area contributed by atoms with Gasteiger partial charge in [-0.2, -0.15) is 13.2 Å². The molecule has 5 nitrogen and oxygen atoms in total. The van der Waals surface area contributed by atoms with E-state index in [4.69, 9.17) is 5.11 Å². The van der Waals surface area contributed by atoms with Gasteiger partial charge >= 0.3 is 12.1 Å². The Labute approximate surface area is 119 Å². The van der Waals surface area contributed by atoms with Gasteiger partial charge in [0.25, 0.3) is 0 Å². The van der Waals surface area contributed by atoms with Gasteiger partial charge in [-0.3, -0.25) is 4.79 Å². The Bertz CT molecular complexity index is 532. The molecule has 0 saturated heterocycles. The largest absolute Gasteiger partial charge is 0.481 e. The molecule has 8 heteroatoms. The Hall–Kier alpha value is -1.86. The number of anilines is 1. The third kappa shape index (κ3) is 4.05. The minimum atomic E-state index is -4.50. The highest BCUT2D eigenvalue weighted by Crippen LogP contribution is 2.35. The first-order valence-corrected chi connectivity index (χ1v) is 6.80. The number of fused-ring (bicyclic) bond motifs is 1. The molecule has 0 amide bonds. The third-order valence-corrected chi connectivity index (χ3v) is 3.30. The van der Waals surface area contributed by atoms with Crippen molar-refractivity contribution in [2.45, 2.75) is 44.7 Å². The van der Waals surface area contributed by atoms with Crippen molar-refractivity contribution < 1.29 is 23.1 Å². The van der Waals surface area contributed by atoms with Gasteiger partial charge in [-0.15, -0.1) is 0 Å². The van der Waals surface area contributed by atoms with Crippen LogP contribution in [-0.4, -0.2) is 27.6 Å². The molecule has 1 aromatic heterocycles.